The molecule has 3 unspecified atom stereocenters. The van der Waals surface area contributed by atoms with Gasteiger partial charge in [0.15, 0.2) is 18.4 Å². The summed E-state index contributed by atoms with van der Waals surface area (Å²) in [5.74, 6) is -0.911. The maximum atomic E-state index is 11.1. The van der Waals surface area contributed by atoms with Crippen molar-refractivity contribution in [3.8, 4) is 0 Å². The van der Waals surface area contributed by atoms with E-state index in [1.165, 1.54) is 0 Å². The lowest BCUT2D eigenvalue weighted by atomic mass is 9.96. The fourth-order valence-corrected chi connectivity index (χ4v) is 12.4. The molecule has 3 saturated heterocycles. The minimum absolute atomic E-state index is 0.0858. The third-order valence-corrected chi connectivity index (χ3v) is 14.9. The fraction of sp³-hybridized carbons (Fsp3) is 0.806. The van der Waals surface area contributed by atoms with Crippen molar-refractivity contribution in [2.75, 3.05) is 6.61 Å². The Kier molecular flexibility index (Phi) is 10.2. The van der Waals surface area contributed by atoms with Crippen LogP contribution in [0.15, 0.2) is 30.3 Å². The second-order valence-electron chi connectivity index (χ2n) is 13.2. The number of rotatable bonds is 10. The predicted octanol–water partition coefficient (Wildman–Crippen LogP) is 5.77. The Labute approximate surface area is 242 Å². The molecule has 4 rings (SSSR count). The number of hydrogen-bond acceptors (Lipinski definition) is 8. The molecule has 0 aliphatic carbocycles. The molecule has 0 aromatic heterocycles. The lowest BCUT2D eigenvalue weighted by Gasteiger charge is -2.49. The van der Waals surface area contributed by atoms with Crippen LogP contribution in [0, 0.1) is 5.92 Å². The number of ether oxygens (including phenoxy) is 6. The van der Waals surface area contributed by atoms with Crippen molar-refractivity contribution in [2.45, 2.75) is 147 Å². The Hall–Kier alpha value is -0.883. The van der Waals surface area contributed by atoms with E-state index in [-0.39, 0.29) is 12.0 Å². The van der Waals surface area contributed by atoms with Gasteiger partial charge < -0.3 is 38.0 Å². The Morgan fingerprint density at radius 3 is 2.10 bits per heavy atom. The van der Waals surface area contributed by atoms with E-state index in [4.69, 9.17) is 32.8 Å². The maximum Gasteiger partial charge on any atom is 0.203 e. The van der Waals surface area contributed by atoms with Crippen molar-refractivity contribution in [3.63, 3.8) is 0 Å². The summed E-state index contributed by atoms with van der Waals surface area (Å²) in [6, 6.07) is 9.90. The van der Waals surface area contributed by atoms with Crippen molar-refractivity contribution in [1.82, 2.24) is 0 Å². The lowest BCUT2D eigenvalue weighted by Crippen LogP contribution is -2.63. The average Bonchev–Trinajstić information content (AvgIpc) is 3.21. The van der Waals surface area contributed by atoms with Gasteiger partial charge in [-0.3, -0.25) is 0 Å². The summed E-state index contributed by atoms with van der Waals surface area (Å²) >= 11 is 0. The zero-order valence-corrected chi connectivity index (χ0v) is 27.0. The van der Waals surface area contributed by atoms with Gasteiger partial charge in [-0.1, -0.05) is 78.8 Å². The summed E-state index contributed by atoms with van der Waals surface area (Å²) in [6.07, 6.45) is -4.52. The van der Waals surface area contributed by atoms with E-state index in [1.54, 1.807) is 0 Å². The monoisotopic (exact) mass is 580 g/mol. The normalized spacial score (nSPS) is 36.4. The molecular formula is C31H52O8Si. The Bertz CT molecular complexity index is 919. The van der Waals surface area contributed by atoms with Crippen LogP contribution in [0.3, 0.4) is 0 Å². The number of hydrogen-bond donors (Lipinski definition) is 1. The molecule has 0 amide bonds. The Balaban J connectivity index is 1.55. The van der Waals surface area contributed by atoms with Crippen LogP contribution < -0.4 is 0 Å². The van der Waals surface area contributed by atoms with E-state index in [1.807, 2.05) is 58.0 Å². The molecule has 8 nitrogen and oxygen atoms in total. The first kappa shape index (κ1) is 32.0. The Morgan fingerprint density at radius 1 is 0.900 bits per heavy atom. The third kappa shape index (κ3) is 6.53. The summed E-state index contributed by atoms with van der Waals surface area (Å²) in [5, 5.41) is 11.1. The Morgan fingerprint density at radius 2 is 1.50 bits per heavy atom. The van der Waals surface area contributed by atoms with Gasteiger partial charge in [0, 0.05) is 5.92 Å². The van der Waals surface area contributed by atoms with Crippen molar-refractivity contribution < 1.29 is 38.0 Å². The van der Waals surface area contributed by atoms with E-state index in [2.05, 4.69) is 41.5 Å². The topological polar surface area (TPSA) is 84.8 Å². The zero-order valence-electron chi connectivity index (χ0n) is 26.0. The van der Waals surface area contributed by atoms with E-state index in [0.29, 0.717) is 29.8 Å². The lowest BCUT2D eigenvalue weighted by molar-refractivity contribution is -0.326. The molecule has 3 fully saturated rings. The number of fused-ring (bicyclic) bond motifs is 1. The van der Waals surface area contributed by atoms with Gasteiger partial charge in [-0.05, 0) is 43.0 Å². The fourth-order valence-electron chi connectivity index (χ4n) is 6.95. The van der Waals surface area contributed by atoms with E-state index in [0.717, 1.165) is 5.56 Å². The van der Waals surface area contributed by atoms with Gasteiger partial charge in [0.1, 0.15) is 24.4 Å². The van der Waals surface area contributed by atoms with Crippen LogP contribution >= 0.6 is 0 Å². The molecule has 3 heterocycles. The molecule has 1 N–H and O–H groups in total. The smallest absolute Gasteiger partial charge is 0.203 e. The molecule has 0 saturated carbocycles. The second kappa shape index (κ2) is 12.8. The van der Waals surface area contributed by atoms with Crippen LogP contribution in [0.25, 0.3) is 0 Å². The minimum Gasteiger partial charge on any atom is -0.390 e. The second-order valence-corrected chi connectivity index (χ2v) is 18.6. The highest BCUT2D eigenvalue weighted by Crippen LogP contribution is 2.47. The van der Waals surface area contributed by atoms with Crippen LogP contribution in [0.4, 0.5) is 0 Å². The highest BCUT2D eigenvalue weighted by atomic mass is 28.4. The van der Waals surface area contributed by atoms with Gasteiger partial charge in [-0.25, -0.2) is 0 Å². The van der Waals surface area contributed by atoms with Gasteiger partial charge in [0.2, 0.25) is 8.32 Å². The molecule has 9 atom stereocenters. The van der Waals surface area contributed by atoms with Gasteiger partial charge in [0.05, 0.1) is 25.4 Å². The molecule has 0 bridgehead atoms. The zero-order chi connectivity index (χ0) is 29.4. The third-order valence-electron chi connectivity index (χ3n) is 8.88. The van der Waals surface area contributed by atoms with Crippen LogP contribution in [0.5, 0.6) is 0 Å². The SMILES string of the molecule is CC1O[C@@H](O[Si](C(C)C)(C(C)C)C(C)C)[C@H]2OC(C)(C)OC2[C@H]1O[C@@H]1OC[C@@H](C)[C@@H](O)C1OCc1ccccc1. The van der Waals surface area contributed by atoms with Crippen molar-refractivity contribution in [2.24, 2.45) is 5.92 Å². The molecular weight excluding hydrogens is 528 g/mol. The number of benzene rings is 1. The molecule has 1 aromatic carbocycles. The van der Waals surface area contributed by atoms with Gasteiger partial charge in [-0.2, -0.15) is 0 Å². The molecule has 1 aromatic rings. The standard InChI is InChI=1S/C31H52O8Si/c1-18(2)40(19(3)4,20(5)6)39-30-28-27(37-31(9,10)38-28)25(22(8)35-30)36-29-26(24(32)21(7)16-34-29)33-17-23-14-12-11-13-15-23/h11-15,18-22,24-30,32H,16-17H2,1-10H3/t21-,22?,24-,25+,26?,27?,28+,29+,30+/m1/s1. The van der Waals surface area contributed by atoms with E-state index >= 15 is 0 Å². The average molecular weight is 581 g/mol. The molecule has 0 radical (unpaired) electrons. The number of aliphatic hydroxyl groups excluding tert-OH is 1. The van der Waals surface area contributed by atoms with Crippen LogP contribution in [0.2, 0.25) is 16.6 Å². The first-order valence-corrected chi connectivity index (χ1v) is 17.2. The van der Waals surface area contributed by atoms with Crippen molar-refractivity contribution in [1.29, 1.82) is 0 Å². The minimum atomic E-state index is -2.27. The van der Waals surface area contributed by atoms with Crippen LogP contribution in [0.1, 0.15) is 74.8 Å². The predicted molar refractivity (Wildman–Crippen MR) is 155 cm³/mol. The van der Waals surface area contributed by atoms with Crippen molar-refractivity contribution in [3.05, 3.63) is 35.9 Å². The molecule has 9 heteroatoms. The van der Waals surface area contributed by atoms with E-state index < -0.39 is 57.2 Å². The van der Waals surface area contributed by atoms with E-state index in [9.17, 15) is 5.11 Å². The van der Waals surface area contributed by atoms with Crippen LogP contribution in [-0.2, 0) is 39.5 Å². The molecule has 3 aliphatic rings. The van der Waals surface area contributed by atoms with Crippen LogP contribution in [-0.4, -0.2) is 75.0 Å². The summed E-state index contributed by atoms with van der Waals surface area (Å²) in [7, 11) is -2.27. The highest BCUT2D eigenvalue weighted by Gasteiger charge is 2.59. The summed E-state index contributed by atoms with van der Waals surface area (Å²) in [6.45, 7) is 22.1. The first-order chi connectivity index (χ1) is 18.8. The largest absolute Gasteiger partial charge is 0.390 e. The van der Waals surface area contributed by atoms with Crippen molar-refractivity contribution >= 4 is 8.32 Å². The number of aliphatic hydroxyl groups is 1. The van der Waals surface area contributed by atoms with Gasteiger partial charge in [0.25, 0.3) is 0 Å². The maximum absolute atomic E-state index is 11.1. The molecule has 3 aliphatic heterocycles. The molecule has 228 valence electrons. The summed E-state index contributed by atoms with van der Waals surface area (Å²) in [4.78, 5) is 0. The highest BCUT2D eigenvalue weighted by molar-refractivity contribution is 6.77. The molecule has 0 spiro atoms. The van der Waals surface area contributed by atoms with Gasteiger partial charge in [-0.15, -0.1) is 0 Å². The van der Waals surface area contributed by atoms with Gasteiger partial charge >= 0.3 is 0 Å². The molecule has 40 heavy (non-hydrogen) atoms. The first-order valence-electron chi connectivity index (χ1n) is 15.1. The quantitative estimate of drug-likeness (QED) is 0.350. The summed E-state index contributed by atoms with van der Waals surface area (Å²) in [5.41, 5.74) is 2.21. The summed E-state index contributed by atoms with van der Waals surface area (Å²) < 4.78 is 45.5.